The van der Waals surface area contributed by atoms with Gasteiger partial charge in [-0.1, -0.05) is 22.9 Å². The van der Waals surface area contributed by atoms with Gasteiger partial charge < -0.3 is 0 Å². The monoisotopic (exact) mass is 140 g/mol. The van der Waals surface area contributed by atoms with E-state index in [9.17, 15) is 0 Å². The van der Waals surface area contributed by atoms with Crippen molar-refractivity contribution in [3.8, 4) is 0 Å². The summed E-state index contributed by atoms with van der Waals surface area (Å²) in [7, 11) is 0. The van der Waals surface area contributed by atoms with E-state index in [-0.39, 0.29) is 0 Å². The molecule has 0 radical (unpaired) electrons. The number of rotatable bonds is 0. The van der Waals surface area contributed by atoms with E-state index in [1.54, 1.807) is 0 Å². The summed E-state index contributed by atoms with van der Waals surface area (Å²) in [6, 6.07) is 0. The van der Waals surface area contributed by atoms with Crippen LogP contribution in [0.5, 0.6) is 0 Å². The van der Waals surface area contributed by atoms with E-state index in [0.717, 1.165) is 0 Å². The van der Waals surface area contributed by atoms with Crippen LogP contribution in [0.2, 0.25) is 0 Å². The first-order valence-corrected chi connectivity index (χ1v) is 2.66. The molecule has 0 heterocycles. The fourth-order valence-corrected chi connectivity index (χ4v) is 0.151. The first-order valence-electron chi connectivity index (χ1n) is 2.66. The summed E-state index contributed by atoms with van der Waals surface area (Å²) in [6.45, 7) is 12.9. The first kappa shape index (κ1) is 11.7. The first-order chi connectivity index (χ1) is 5.33. The normalized spacial score (nSPS) is 3.27. The van der Waals surface area contributed by atoms with Gasteiger partial charge in [-0.15, -0.1) is 0 Å². The van der Waals surface area contributed by atoms with Crippen LogP contribution in [0.15, 0.2) is 66.4 Å². The Morgan fingerprint density at radius 1 is 0.455 bits per heavy atom. The summed E-state index contributed by atoms with van der Waals surface area (Å²) in [5, 5.41) is 0. The molecule has 0 fully saturated rings. The second kappa shape index (κ2) is 15.7. The van der Waals surface area contributed by atoms with Crippen LogP contribution in [0.4, 0.5) is 0 Å². The summed E-state index contributed by atoms with van der Waals surface area (Å²) in [5.41, 5.74) is 16.6. The van der Waals surface area contributed by atoms with Crippen LogP contribution in [0, 0.1) is 0 Å². The van der Waals surface area contributed by atoms with Gasteiger partial charge in [-0.05, 0) is 43.5 Å². The van der Waals surface area contributed by atoms with Gasteiger partial charge in [-0.25, -0.2) is 0 Å². The van der Waals surface area contributed by atoms with Gasteiger partial charge in [0.05, 0.1) is 0 Å². The number of hydrogen-bond acceptors (Lipinski definition) is 0. The summed E-state index contributed by atoms with van der Waals surface area (Å²) in [4.78, 5) is 0. The molecule has 0 spiro atoms. The molecule has 0 heteroatoms. The highest BCUT2D eigenvalue weighted by molar-refractivity contribution is 4.79. The van der Waals surface area contributed by atoms with Gasteiger partial charge in [0.1, 0.15) is 0 Å². The minimum absolute atomic E-state index is 2.34. The second-order valence-electron chi connectivity index (χ2n) is 1.08. The molecule has 0 saturated heterocycles. The van der Waals surface area contributed by atoms with Crippen LogP contribution in [0.3, 0.4) is 0 Å². The maximum absolute atomic E-state index is 3.23. The second-order valence-corrected chi connectivity index (χ2v) is 1.08. The molecule has 0 aliphatic heterocycles. The highest BCUT2D eigenvalue weighted by atomic mass is 13.3. The molecule has 0 aliphatic rings. The zero-order chi connectivity index (χ0) is 8.95. The molecule has 0 atom stereocenters. The quantitative estimate of drug-likeness (QED) is 0.454. The fourth-order valence-electron chi connectivity index (χ4n) is 0.151. The molecular weight excluding hydrogens is 132 g/mol. The van der Waals surface area contributed by atoms with Crippen molar-refractivity contribution in [3.63, 3.8) is 0 Å². The maximum Gasteiger partial charge on any atom is -0.0108 e. The lowest BCUT2D eigenvalue weighted by Gasteiger charge is -1.31. The predicted molar refractivity (Wildman–Crippen MR) is 47.1 cm³/mol. The van der Waals surface area contributed by atoms with Gasteiger partial charge in [-0.2, -0.15) is 0 Å². The largest absolute Gasteiger partial charge is 0.0694 e. The van der Waals surface area contributed by atoms with Crippen LogP contribution in [0.25, 0.3) is 0 Å². The zero-order valence-electron chi connectivity index (χ0n) is 6.33. The molecule has 0 saturated carbocycles. The molecule has 0 aromatic carbocycles. The molecule has 0 aromatic rings. The fraction of sp³-hybridized carbons (Fsp3) is 0. The summed E-state index contributed by atoms with van der Waals surface area (Å²) in [5.74, 6) is 0. The lowest BCUT2D eigenvalue weighted by Crippen LogP contribution is -1.12. The maximum atomic E-state index is 3.23. The van der Waals surface area contributed by atoms with E-state index in [1.807, 2.05) is 0 Å². The van der Waals surface area contributed by atoms with E-state index in [1.165, 1.54) is 0 Å². The van der Waals surface area contributed by atoms with Crippen molar-refractivity contribution in [2.45, 2.75) is 0 Å². The topological polar surface area (TPSA) is 0 Å². The van der Waals surface area contributed by atoms with Crippen LogP contribution in [-0.2, 0) is 0 Å². The van der Waals surface area contributed by atoms with Gasteiger partial charge in [0, 0.05) is 0 Å². The summed E-state index contributed by atoms with van der Waals surface area (Å²) < 4.78 is 0. The Labute approximate surface area is 67.2 Å². The molecule has 0 amide bonds. The molecule has 0 unspecified atom stereocenters. The molecule has 0 N–H and O–H groups in total. The van der Waals surface area contributed by atoms with E-state index in [2.05, 4.69) is 66.4 Å². The van der Waals surface area contributed by atoms with E-state index in [4.69, 9.17) is 0 Å². The van der Waals surface area contributed by atoms with Crippen LogP contribution in [-0.4, -0.2) is 0 Å². The lowest BCUT2D eigenvalue weighted by atomic mass is 10.7. The predicted octanol–water partition coefficient (Wildman–Crippen LogP) is 2.69. The molecule has 0 bridgehead atoms. The Kier molecular flexibility index (Phi) is 16.7. The van der Waals surface area contributed by atoms with Crippen molar-refractivity contribution < 1.29 is 0 Å². The van der Waals surface area contributed by atoms with E-state index >= 15 is 0 Å². The SMILES string of the molecule is C=C=C=C=C.C=C=C=C=C=C. The van der Waals surface area contributed by atoms with E-state index in [0.29, 0.717) is 0 Å². The summed E-state index contributed by atoms with van der Waals surface area (Å²) in [6.07, 6.45) is 0. The third-order valence-electron chi connectivity index (χ3n) is 0.416. The Morgan fingerprint density at radius 3 is 0.818 bits per heavy atom. The molecular formula is C11H8. The molecule has 11 heavy (non-hydrogen) atoms. The highest BCUT2D eigenvalue weighted by Crippen LogP contribution is 1.43. The minimum atomic E-state index is 2.34. The van der Waals surface area contributed by atoms with Crippen LogP contribution < -0.4 is 0 Å². The molecule has 52 valence electrons. The molecule has 0 aliphatic carbocycles. The average molecular weight is 140 g/mol. The molecule has 0 aromatic heterocycles. The minimum Gasteiger partial charge on any atom is -0.0694 e. The van der Waals surface area contributed by atoms with Crippen LogP contribution >= 0.6 is 0 Å². The molecule has 0 rings (SSSR count). The van der Waals surface area contributed by atoms with Crippen molar-refractivity contribution >= 4 is 0 Å². The average Bonchev–Trinajstić information content (AvgIpc) is 2.04. The van der Waals surface area contributed by atoms with Gasteiger partial charge in [0.2, 0.25) is 0 Å². The van der Waals surface area contributed by atoms with Gasteiger partial charge >= 0.3 is 0 Å². The summed E-state index contributed by atoms with van der Waals surface area (Å²) >= 11 is 0. The lowest BCUT2D eigenvalue weighted by molar-refractivity contribution is 2.24. The Hall–Kier alpha value is -2.06. The molecule has 0 nitrogen and oxygen atoms in total. The highest BCUT2D eigenvalue weighted by Gasteiger charge is 1.24. The van der Waals surface area contributed by atoms with Crippen LogP contribution in [0.1, 0.15) is 0 Å². The third kappa shape index (κ3) is 32.4. The van der Waals surface area contributed by atoms with Gasteiger partial charge in [-0.3, -0.25) is 0 Å². The van der Waals surface area contributed by atoms with Crippen molar-refractivity contribution in [1.82, 2.24) is 0 Å². The van der Waals surface area contributed by atoms with Crippen molar-refractivity contribution in [1.29, 1.82) is 0 Å². The zero-order valence-corrected chi connectivity index (χ0v) is 6.33. The van der Waals surface area contributed by atoms with Gasteiger partial charge in [0.15, 0.2) is 0 Å². The van der Waals surface area contributed by atoms with Crippen molar-refractivity contribution in [2.75, 3.05) is 0 Å². The van der Waals surface area contributed by atoms with Crippen molar-refractivity contribution in [3.05, 3.63) is 66.4 Å². The smallest absolute Gasteiger partial charge is 0.0108 e. The Morgan fingerprint density at radius 2 is 0.727 bits per heavy atom. The van der Waals surface area contributed by atoms with Gasteiger partial charge in [0.25, 0.3) is 0 Å². The number of hydrogen-bond donors (Lipinski definition) is 0. The van der Waals surface area contributed by atoms with E-state index < -0.39 is 0 Å². The Balaban J connectivity index is 0. The van der Waals surface area contributed by atoms with Crippen molar-refractivity contribution in [2.24, 2.45) is 0 Å². The Bertz CT molecular complexity index is 297. The third-order valence-corrected chi connectivity index (χ3v) is 0.416. The standard InChI is InChI=1S/C6H4.C5H4/c1-3-5-6-4-2;1-3-5-4-2/h1-2H2;1-2H2.